The number of benzene rings is 1. The SMILES string of the molecule is CN(Cc1nccn1C)C(=O)c1ccc2c(c1)NCCN2. The Labute approximate surface area is 123 Å². The van der Waals surface area contributed by atoms with Crippen molar-refractivity contribution in [2.45, 2.75) is 6.54 Å². The second-order valence-corrected chi connectivity index (χ2v) is 5.23. The molecule has 2 heterocycles. The quantitative estimate of drug-likeness (QED) is 0.898. The molecule has 1 aromatic heterocycles. The highest BCUT2D eigenvalue weighted by Gasteiger charge is 2.16. The lowest BCUT2D eigenvalue weighted by Gasteiger charge is -2.22. The molecule has 0 aliphatic carbocycles. The van der Waals surface area contributed by atoms with E-state index in [9.17, 15) is 4.79 Å². The number of hydrogen-bond donors (Lipinski definition) is 2. The topological polar surface area (TPSA) is 62.2 Å². The molecule has 3 rings (SSSR count). The first-order valence-electron chi connectivity index (χ1n) is 6.98. The Morgan fingerprint density at radius 3 is 2.81 bits per heavy atom. The maximum atomic E-state index is 12.5. The number of carbonyl (C=O) groups is 1. The number of nitrogens with zero attached hydrogens (tertiary/aromatic N) is 3. The Kier molecular flexibility index (Phi) is 3.51. The van der Waals surface area contributed by atoms with Crippen molar-refractivity contribution in [3.05, 3.63) is 42.0 Å². The Morgan fingerprint density at radius 2 is 2.10 bits per heavy atom. The fourth-order valence-corrected chi connectivity index (χ4v) is 2.43. The van der Waals surface area contributed by atoms with E-state index < -0.39 is 0 Å². The third kappa shape index (κ3) is 2.69. The Balaban J connectivity index is 1.76. The van der Waals surface area contributed by atoms with Crippen molar-refractivity contribution < 1.29 is 4.79 Å². The Hall–Kier alpha value is -2.50. The standard InChI is InChI=1S/C15H19N5O/c1-19-8-7-18-14(19)10-20(2)15(21)11-3-4-12-13(9-11)17-6-5-16-12/h3-4,7-9,16-17H,5-6,10H2,1-2H3. The first-order valence-corrected chi connectivity index (χ1v) is 6.98. The van der Waals surface area contributed by atoms with Gasteiger partial charge in [-0.05, 0) is 18.2 Å². The van der Waals surface area contributed by atoms with Crippen molar-refractivity contribution in [2.24, 2.45) is 7.05 Å². The van der Waals surface area contributed by atoms with Gasteiger partial charge in [-0.2, -0.15) is 0 Å². The summed E-state index contributed by atoms with van der Waals surface area (Å²) in [6.07, 6.45) is 3.62. The van der Waals surface area contributed by atoms with E-state index in [0.29, 0.717) is 12.1 Å². The molecule has 1 aliphatic heterocycles. The van der Waals surface area contributed by atoms with Gasteiger partial charge >= 0.3 is 0 Å². The normalized spacial score (nSPS) is 13.0. The lowest BCUT2D eigenvalue weighted by molar-refractivity contribution is 0.0780. The molecular formula is C15H19N5O. The zero-order valence-electron chi connectivity index (χ0n) is 12.3. The predicted octanol–water partition coefficient (Wildman–Crippen LogP) is 1.53. The number of aromatic nitrogens is 2. The van der Waals surface area contributed by atoms with Crippen LogP contribution in [0, 0.1) is 0 Å². The molecule has 6 nitrogen and oxygen atoms in total. The maximum Gasteiger partial charge on any atom is 0.254 e. The van der Waals surface area contributed by atoms with Crippen LogP contribution in [0.4, 0.5) is 11.4 Å². The lowest BCUT2D eigenvalue weighted by Crippen LogP contribution is -2.28. The van der Waals surface area contributed by atoms with Gasteiger partial charge in [0.2, 0.25) is 0 Å². The number of aryl methyl sites for hydroxylation is 1. The van der Waals surface area contributed by atoms with Gasteiger partial charge in [0, 0.05) is 45.1 Å². The van der Waals surface area contributed by atoms with E-state index in [0.717, 1.165) is 30.3 Å². The number of carbonyl (C=O) groups excluding carboxylic acids is 1. The molecule has 0 saturated heterocycles. The minimum absolute atomic E-state index is 0.00632. The van der Waals surface area contributed by atoms with Crippen molar-refractivity contribution in [3.63, 3.8) is 0 Å². The van der Waals surface area contributed by atoms with Crippen molar-refractivity contribution >= 4 is 17.3 Å². The molecule has 1 amide bonds. The molecule has 1 aromatic carbocycles. The molecule has 0 radical (unpaired) electrons. The van der Waals surface area contributed by atoms with Gasteiger partial charge in [-0.15, -0.1) is 0 Å². The van der Waals surface area contributed by atoms with E-state index in [1.165, 1.54) is 0 Å². The van der Waals surface area contributed by atoms with Crippen LogP contribution >= 0.6 is 0 Å². The van der Waals surface area contributed by atoms with Gasteiger partial charge in [0.1, 0.15) is 5.82 Å². The van der Waals surface area contributed by atoms with Crippen LogP contribution in [-0.2, 0) is 13.6 Å². The van der Waals surface area contributed by atoms with Gasteiger partial charge < -0.3 is 20.1 Å². The van der Waals surface area contributed by atoms with Gasteiger partial charge in [0.05, 0.1) is 17.9 Å². The molecule has 0 fully saturated rings. The molecule has 110 valence electrons. The van der Waals surface area contributed by atoms with E-state index in [1.54, 1.807) is 18.1 Å². The minimum Gasteiger partial charge on any atom is -0.382 e. The summed E-state index contributed by atoms with van der Waals surface area (Å²) in [5, 5.41) is 6.60. The monoisotopic (exact) mass is 285 g/mol. The van der Waals surface area contributed by atoms with E-state index in [4.69, 9.17) is 0 Å². The molecule has 0 bridgehead atoms. The third-order valence-corrected chi connectivity index (χ3v) is 3.67. The molecule has 0 saturated carbocycles. The molecular weight excluding hydrogens is 266 g/mol. The Morgan fingerprint density at radius 1 is 1.33 bits per heavy atom. The predicted molar refractivity (Wildman–Crippen MR) is 82.4 cm³/mol. The number of rotatable bonds is 3. The van der Waals surface area contributed by atoms with Crippen molar-refractivity contribution in [3.8, 4) is 0 Å². The molecule has 0 spiro atoms. The van der Waals surface area contributed by atoms with Crippen LogP contribution < -0.4 is 10.6 Å². The number of amides is 1. The molecule has 0 unspecified atom stereocenters. The van der Waals surface area contributed by atoms with Crippen molar-refractivity contribution in [1.29, 1.82) is 0 Å². The summed E-state index contributed by atoms with van der Waals surface area (Å²) in [6, 6.07) is 5.71. The summed E-state index contributed by atoms with van der Waals surface area (Å²) in [5.41, 5.74) is 2.71. The fraction of sp³-hybridized carbons (Fsp3) is 0.333. The van der Waals surface area contributed by atoms with Crippen LogP contribution in [0.2, 0.25) is 0 Å². The number of hydrogen-bond acceptors (Lipinski definition) is 4. The van der Waals surface area contributed by atoms with Gasteiger partial charge in [-0.3, -0.25) is 4.79 Å². The minimum atomic E-state index is -0.00632. The van der Waals surface area contributed by atoms with E-state index in [2.05, 4.69) is 15.6 Å². The summed E-state index contributed by atoms with van der Waals surface area (Å²) in [4.78, 5) is 18.4. The average Bonchev–Trinajstić information content (AvgIpc) is 2.91. The lowest BCUT2D eigenvalue weighted by atomic mass is 10.1. The van der Waals surface area contributed by atoms with Crippen LogP contribution in [0.3, 0.4) is 0 Å². The number of imidazole rings is 1. The van der Waals surface area contributed by atoms with Crippen molar-refractivity contribution in [2.75, 3.05) is 30.8 Å². The summed E-state index contributed by atoms with van der Waals surface area (Å²) in [6.45, 7) is 2.26. The molecule has 2 aromatic rings. The second kappa shape index (κ2) is 5.47. The van der Waals surface area contributed by atoms with Crippen molar-refractivity contribution in [1.82, 2.24) is 14.5 Å². The molecule has 2 N–H and O–H groups in total. The summed E-state index contributed by atoms with van der Waals surface area (Å²) >= 11 is 0. The summed E-state index contributed by atoms with van der Waals surface area (Å²) in [7, 11) is 3.72. The number of anilines is 2. The molecule has 6 heteroatoms. The van der Waals surface area contributed by atoms with Gasteiger partial charge in [-0.25, -0.2) is 4.98 Å². The van der Waals surface area contributed by atoms with Crippen LogP contribution in [-0.4, -0.2) is 40.5 Å². The largest absolute Gasteiger partial charge is 0.382 e. The van der Waals surface area contributed by atoms with Crippen LogP contribution in [0.1, 0.15) is 16.2 Å². The molecule has 21 heavy (non-hydrogen) atoms. The van der Waals surface area contributed by atoms with E-state index in [1.807, 2.05) is 36.0 Å². The average molecular weight is 285 g/mol. The van der Waals surface area contributed by atoms with Crippen LogP contribution in [0.25, 0.3) is 0 Å². The zero-order chi connectivity index (χ0) is 14.8. The highest BCUT2D eigenvalue weighted by Crippen LogP contribution is 2.25. The third-order valence-electron chi connectivity index (χ3n) is 3.67. The fourth-order valence-electron chi connectivity index (χ4n) is 2.43. The first-order chi connectivity index (χ1) is 10.1. The summed E-state index contributed by atoms with van der Waals surface area (Å²) < 4.78 is 1.92. The second-order valence-electron chi connectivity index (χ2n) is 5.23. The van der Waals surface area contributed by atoms with Gasteiger partial charge in [0.15, 0.2) is 0 Å². The highest BCUT2D eigenvalue weighted by molar-refractivity contribution is 5.96. The smallest absolute Gasteiger partial charge is 0.254 e. The van der Waals surface area contributed by atoms with Gasteiger partial charge in [-0.1, -0.05) is 0 Å². The molecule has 1 aliphatic rings. The highest BCUT2D eigenvalue weighted by atomic mass is 16.2. The first kappa shape index (κ1) is 13.5. The summed E-state index contributed by atoms with van der Waals surface area (Å²) in [5.74, 6) is 0.858. The van der Waals surface area contributed by atoms with E-state index in [-0.39, 0.29) is 5.91 Å². The Bertz CT molecular complexity index is 664. The molecule has 0 atom stereocenters. The van der Waals surface area contributed by atoms with Crippen LogP contribution in [0.5, 0.6) is 0 Å². The zero-order valence-corrected chi connectivity index (χ0v) is 12.3. The number of fused-ring (bicyclic) bond motifs is 1. The number of nitrogens with one attached hydrogen (secondary N) is 2. The maximum absolute atomic E-state index is 12.5. The van der Waals surface area contributed by atoms with E-state index >= 15 is 0 Å². The van der Waals surface area contributed by atoms with Crippen LogP contribution in [0.15, 0.2) is 30.6 Å². The van der Waals surface area contributed by atoms with Gasteiger partial charge in [0.25, 0.3) is 5.91 Å².